The zero-order valence-corrected chi connectivity index (χ0v) is 13.4. The summed E-state index contributed by atoms with van der Waals surface area (Å²) >= 11 is 11.7. The molecule has 2 rings (SSSR count). The SMILES string of the molecule is Cn1ncc(Cl)c1CC(=O)NCc1cccc(C(F)(F)F)c1Cl. The number of carbonyl (C=O) groups excluding carboxylic acids is 1. The molecule has 0 aliphatic rings. The monoisotopic (exact) mass is 365 g/mol. The van der Waals surface area contributed by atoms with Gasteiger partial charge in [-0.3, -0.25) is 9.48 Å². The van der Waals surface area contributed by atoms with Crippen LogP contribution in [0, 0.1) is 0 Å². The van der Waals surface area contributed by atoms with Gasteiger partial charge in [0.15, 0.2) is 0 Å². The fourth-order valence-corrected chi connectivity index (χ4v) is 2.51. The Bertz CT molecular complexity index is 709. The van der Waals surface area contributed by atoms with Gasteiger partial charge < -0.3 is 5.32 Å². The third-order valence-corrected chi connectivity index (χ3v) is 3.96. The van der Waals surface area contributed by atoms with E-state index in [4.69, 9.17) is 23.2 Å². The van der Waals surface area contributed by atoms with Gasteiger partial charge in [-0.2, -0.15) is 18.3 Å². The highest BCUT2D eigenvalue weighted by atomic mass is 35.5. The highest BCUT2D eigenvalue weighted by Gasteiger charge is 2.33. The van der Waals surface area contributed by atoms with Crippen molar-refractivity contribution in [3.05, 3.63) is 51.3 Å². The molecule has 124 valence electrons. The summed E-state index contributed by atoms with van der Waals surface area (Å²) in [5.41, 5.74) is -0.231. The summed E-state index contributed by atoms with van der Waals surface area (Å²) < 4.78 is 39.8. The van der Waals surface area contributed by atoms with E-state index in [-0.39, 0.29) is 18.5 Å². The van der Waals surface area contributed by atoms with Crippen molar-refractivity contribution < 1.29 is 18.0 Å². The maximum Gasteiger partial charge on any atom is 0.417 e. The molecule has 1 N–H and O–H groups in total. The lowest BCUT2D eigenvalue weighted by Crippen LogP contribution is -2.26. The lowest BCUT2D eigenvalue weighted by atomic mass is 10.1. The van der Waals surface area contributed by atoms with Crippen LogP contribution in [0.3, 0.4) is 0 Å². The van der Waals surface area contributed by atoms with Gasteiger partial charge in [-0.1, -0.05) is 35.3 Å². The van der Waals surface area contributed by atoms with Crippen LogP contribution in [0.5, 0.6) is 0 Å². The number of halogens is 5. The molecule has 1 aromatic carbocycles. The number of benzene rings is 1. The van der Waals surface area contributed by atoms with E-state index in [0.29, 0.717) is 10.7 Å². The van der Waals surface area contributed by atoms with E-state index in [1.807, 2.05) is 0 Å². The third-order valence-electron chi connectivity index (χ3n) is 3.20. The first-order chi connectivity index (χ1) is 10.7. The van der Waals surface area contributed by atoms with Gasteiger partial charge in [-0.25, -0.2) is 0 Å². The molecule has 0 atom stereocenters. The van der Waals surface area contributed by atoms with Crippen LogP contribution in [0.2, 0.25) is 10.0 Å². The van der Waals surface area contributed by atoms with Gasteiger partial charge >= 0.3 is 6.18 Å². The van der Waals surface area contributed by atoms with Crippen molar-refractivity contribution in [2.45, 2.75) is 19.1 Å². The molecule has 4 nitrogen and oxygen atoms in total. The third kappa shape index (κ3) is 4.17. The molecule has 1 amide bonds. The molecule has 9 heteroatoms. The fraction of sp³-hybridized carbons (Fsp3) is 0.286. The van der Waals surface area contributed by atoms with Crippen molar-refractivity contribution >= 4 is 29.1 Å². The van der Waals surface area contributed by atoms with E-state index in [1.54, 1.807) is 7.05 Å². The molecule has 0 aliphatic heterocycles. The summed E-state index contributed by atoms with van der Waals surface area (Å²) in [6, 6.07) is 3.56. The smallest absolute Gasteiger partial charge is 0.352 e. The highest BCUT2D eigenvalue weighted by Crippen LogP contribution is 2.36. The Balaban J connectivity index is 2.05. The van der Waals surface area contributed by atoms with Gasteiger partial charge in [0.05, 0.1) is 33.9 Å². The molecule has 0 saturated carbocycles. The molecule has 23 heavy (non-hydrogen) atoms. The van der Waals surface area contributed by atoms with Crippen LogP contribution in [0.25, 0.3) is 0 Å². The Morgan fingerprint density at radius 1 is 1.35 bits per heavy atom. The average molecular weight is 366 g/mol. The quantitative estimate of drug-likeness (QED) is 0.899. The highest BCUT2D eigenvalue weighted by molar-refractivity contribution is 6.32. The van der Waals surface area contributed by atoms with E-state index >= 15 is 0 Å². The Morgan fingerprint density at radius 2 is 2.04 bits per heavy atom. The van der Waals surface area contributed by atoms with Crippen LogP contribution in [0.1, 0.15) is 16.8 Å². The normalized spacial score (nSPS) is 11.6. The van der Waals surface area contributed by atoms with Gasteiger partial charge in [0.25, 0.3) is 0 Å². The van der Waals surface area contributed by atoms with E-state index in [9.17, 15) is 18.0 Å². The van der Waals surface area contributed by atoms with Gasteiger partial charge in [-0.05, 0) is 11.6 Å². The first-order valence-electron chi connectivity index (χ1n) is 6.47. The van der Waals surface area contributed by atoms with Crippen LogP contribution < -0.4 is 5.32 Å². The minimum absolute atomic E-state index is 0.0358. The predicted octanol–water partition coefficient (Wildman–Crippen LogP) is 3.60. The number of alkyl halides is 3. The summed E-state index contributed by atoms with van der Waals surface area (Å²) in [5.74, 6) is -0.399. The first-order valence-corrected chi connectivity index (χ1v) is 7.23. The Morgan fingerprint density at radius 3 is 2.61 bits per heavy atom. The van der Waals surface area contributed by atoms with Gasteiger partial charge in [-0.15, -0.1) is 0 Å². The molecular formula is C14H12Cl2F3N3O. The molecule has 0 unspecified atom stereocenters. The molecule has 0 saturated heterocycles. The zero-order chi connectivity index (χ0) is 17.2. The maximum atomic E-state index is 12.8. The van der Waals surface area contributed by atoms with E-state index in [1.165, 1.54) is 23.0 Å². The van der Waals surface area contributed by atoms with E-state index < -0.39 is 22.7 Å². The summed E-state index contributed by atoms with van der Waals surface area (Å²) in [6.07, 6.45) is -3.17. The van der Waals surface area contributed by atoms with E-state index in [0.717, 1.165) is 6.07 Å². The number of hydrogen-bond donors (Lipinski definition) is 1. The zero-order valence-electron chi connectivity index (χ0n) is 11.9. The van der Waals surface area contributed by atoms with Gasteiger partial charge in [0.1, 0.15) is 0 Å². The second kappa shape index (κ2) is 6.80. The molecule has 0 fully saturated rings. The van der Waals surface area contributed by atoms with Gasteiger partial charge in [0.2, 0.25) is 5.91 Å². The molecule has 1 aromatic heterocycles. The minimum atomic E-state index is -4.54. The second-order valence-electron chi connectivity index (χ2n) is 4.79. The molecule has 0 spiro atoms. The number of nitrogens with zero attached hydrogens (tertiary/aromatic N) is 2. The summed E-state index contributed by atoms with van der Waals surface area (Å²) in [6.45, 7) is -0.114. The molecule has 0 aliphatic carbocycles. The lowest BCUT2D eigenvalue weighted by molar-refractivity contribution is -0.137. The fourth-order valence-electron chi connectivity index (χ4n) is 1.98. The summed E-state index contributed by atoms with van der Waals surface area (Å²) in [5, 5.41) is 6.35. The Kier molecular flexibility index (Phi) is 5.21. The summed E-state index contributed by atoms with van der Waals surface area (Å²) in [7, 11) is 1.64. The molecular weight excluding hydrogens is 354 g/mol. The van der Waals surface area contributed by atoms with Crippen molar-refractivity contribution in [2.75, 3.05) is 0 Å². The van der Waals surface area contributed by atoms with Crippen molar-refractivity contribution in [3.8, 4) is 0 Å². The molecule has 0 bridgehead atoms. The van der Waals surface area contributed by atoms with Crippen molar-refractivity contribution in [3.63, 3.8) is 0 Å². The van der Waals surface area contributed by atoms with Gasteiger partial charge in [0, 0.05) is 13.6 Å². The second-order valence-corrected chi connectivity index (χ2v) is 5.58. The number of nitrogens with one attached hydrogen (secondary N) is 1. The standard InChI is InChI=1S/C14H12Cl2F3N3O/c1-22-11(10(15)7-21-22)5-12(23)20-6-8-3-2-4-9(13(8)16)14(17,18)19/h2-4,7H,5-6H2,1H3,(H,20,23). The van der Waals surface area contributed by atoms with Crippen LogP contribution in [-0.4, -0.2) is 15.7 Å². The Labute approximate surface area is 140 Å². The maximum absolute atomic E-state index is 12.8. The minimum Gasteiger partial charge on any atom is -0.352 e. The van der Waals surface area contributed by atoms with Crippen LogP contribution in [0.4, 0.5) is 13.2 Å². The van der Waals surface area contributed by atoms with E-state index in [2.05, 4.69) is 10.4 Å². The number of rotatable bonds is 4. The van der Waals surface area contributed by atoms with Crippen molar-refractivity contribution in [2.24, 2.45) is 7.05 Å². The number of hydrogen-bond acceptors (Lipinski definition) is 2. The molecule has 0 radical (unpaired) electrons. The average Bonchev–Trinajstić information content (AvgIpc) is 2.77. The van der Waals surface area contributed by atoms with Crippen LogP contribution in [-0.2, 0) is 31.0 Å². The topological polar surface area (TPSA) is 46.9 Å². The summed E-state index contributed by atoms with van der Waals surface area (Å²) in [4.78, 5) is 11.9. The van der Waals surface area contributed by atoms with Crippen LogP contribution in [0.15, 0.2) is 24.4 Å². The number of carbonyl (C=O) groups is 1. The predicted molar refractivity (Wildman–Crippen MR) is 80.2 cm³/mol. The van der Waals surface area contributed by atoms with Crippen LogP contribution >= 0.6 is 23.2 Å². The Hall–Kier alpha value is -1.73. The largest absolute Gasteiger partial charge is 0.417 e. The molecule has 1 heterocycles. The number of aromatic nitrogens is 2. The van der Waals surface area contributed by atoms with Crippen molar-refractivity contribution in [1.82, 2.24) is 15.1 Å². The number of amides is 1. The molecule has 2 aromatic rings. The van der Waals surface area contributed by atoms with Crippen molar-refractivity contribution in [1.29, 1.82) is 0 Å². The lowest BCUT2D eigenvalue weighted by Gasteiger charge is -2.13. The number of aryl methyl sites for hydroxylation is 1. The first kappa shape index (κ1) is 17.6.